The van der Waals surface area contributed by atoms with Crippen LogP contribution in [-0.2, 0) is 6.54 Å². The van der Waals surface area contributed by atoms with Crippen LogP contribution < -0.4 is 11.0 Å². The maximum Gasteiger partial charge on any atom is 0.326 e. The van der Waals surface area contributed by atoms with Gasteiger partial charge in [-0.05, 0) is 36.8 Å². The Balaban J connectivity index is 1.81. The minimum atomic E-state index is -0.398. The molecule has 6 heteroatoms. The molecule has 0 aliphatic carbocycles. The molecule has 6 nitrogen and oxygen atoms in total. The predicted molar refractivity (Wildman–Crippen MR) is 95.0 cm³/mol. The van der Waals surface area contributed by atoms with Gasteiger partial charge in [-0.15, -0.1) is 0 Å². The van der Waals surface area contributed by atoms with Crippen molar-refractivity contribution in [3.05, 3.63) is 88.1 Å². The molecule has 0 unspecified atom stereocenters. The Morgan fingerprint density at radius 1 is 1.04 bits per heavy atom. The van der Waals surface area contributed by atoms with Gasteiger partial charge in [0.2, 0.25) is 0 Å². The molecular formula is C19H17N3O3. The molecule has 1 aromatic heterocycles. The summed E-state index contributed by atoms with van der Waals surface area (Å²) in [6.07, 6.45) is 1.39. The zero-order valence-corrected chi connectivity index (χ0v) is 13.7. The largest absolute Gasteiger partial charge is 0.326 e. The number of carbonyl (C=O) groups is 2. The first-order valence-corrected chi connectivity index (χ1v) is 7.79. The molecule has 3 aromatic rings. The molecule has 0 spiro atoms. The number of anilines is 1. The van der Waals surface area contributed by atoms with E-state index in [1.165, 1.54) is 17.7 Å². The number of carbonyl (C=O) groups excluding carboxylic acids is 2. The van der Waals surface area contributed by atoms with Gasteiger partial charge in [0, 0.05) is 17.4 Å². The molecule has 25 heavy (non-hydrogen) atoms. The van der Waals surface area contributed by atoms with E-state index in [-0.39, 0.29) is 17.2 Å². The minimum Gasteiger partial charge on any atom is -0.321 e. The van der Waals surface area contributed by atoms with Crippen LogP contribution in [0.15, 0.2) is 65.6 Å². The van der Waals surface area contributed by atoms with E-state index in [1.54, 1.807) is 24.3 Å². The SMILES string of the molecule is CC(=O)c1ccc(NC(=O)c2c[nH]c(=O)n2Cc2ccccc2)cc1. The lowest BCUT2D eigenvalue weighted by Gasteiger charge is -2.09. The number of aromatic amines is 1. The average molecular weight is 335 g/mol. The molecule has 0 atom stereocenters. The number of amides is 1. The molecule has 0 saturated heterocycles. The van der Waals surface area contributed by atoms with Crippen LogP contribution in [0.1, 0.15) is 33.3 Å². The van der Waals surface area contributed by atoms with E-state index in [2.05, 4.69) is 10.3 Å². The molecule has 0 aliphatic rings. The third-order valence-electron chi connectivity index (χ3n) is 3.83. The Morgan fingerprint density at radius 3 is 2.36 bits per heavy atom. The molecule has 0 saturated carbocycles. The van der Waals surface area contributed by atoms with Gasteiger partial charge in [-0.2, -0.15) is 0 Å². The Hall–Kier alpha value is -3.41. The van der Waals surface area contributed by atoms with Crippen molar-refractivity contribution in [3.8, 4) is 0 Å². The lowest BCUT2D eigenvalue weighted by atomic mass is 10.1. The molecule has 1 amide bonds. The van der Waals surface area contributed by atoms with Gasteiger partial charge < -0.3 is 10.3 Å². The predicted octanol–water partition coefficient (Wildman–Crippen LogP) is 2.68. The molecule has 0 aliphatic heterocycles. The van der Waals surface area contributed by atoms with E-state index in [0.717, 1.165) is 5.56 Å². The van der Waals surface area contributed by atoms with Crippen LogP contribution >= 0.6 is 0 Å². The first-order chi connectivity index (χ1) is 12.0. The van der Waals surface area contributed by atoms with E-state index in [1.807, 2.05) is 30.3 Å². The molecule has 2 aromatic carbocycles. The molecule has 3 rings (SSSR count). The molecule has 2 N–H and O–H groups in total. The van der Waals surface area contributed by atoms with E-state index < -0.39 is 5.91 Å². The van der Waals surface area contributed by atoms with Crippen molar-refractivity contribution >= 4 is 17.4 Å². The van der Waals surface area contributed by atoms with Gasteiger partial charge >= 0.3 is 5.69 Å². The van der Waals surface area contributed by atoms with Gasteiger partial charge in [0.25, 0.3) is 5.91 Å². The van der Waals surface area contributed by atoms with Gasteiger partial charge in [-0.1, -0.05) is 30.3 Å². The second kappa shape index (κ2) is 7.00. The fraction of sp³-hybridized carbons (Fsp3) is 0.105. The Bertz CT molecular complexity index is 954. The number of nitrogens with one attached hydrogen (secondary N) is 2. The maximum absolute atomic E-state index is 12.5. The van der Waals surface area contributed by atoms with Gasteiger partial charge in [0.15, 0.2) is 5.78 Å². The second-order valence-electron chi connectivity index (χ2n) is 5.64. The van der Waals surface area contributed by atoms with Crippen molar-refractivity contribution in [2.45, 2.75) is 13.5 Å². The van der Waals surface area contributed by atoms with Crippen molar-refractivity contribution in [2.75, 3.05) is 5.32 Å². The molecule has 0 bridgehead atoms. The summed E-state index contributed by atoms with van der Waals surface area (Å²) >= 11 is 0. The molecule has 0 radical (unpaired) electrons. The highest BCUT2D eigenvalue weighted by molar-refractivity contribution is 6.03. The van der Waals surface area contributed by atoms with Crippen LogP contribution in [0.5, 0.6) is 0 Å². The number of H-pyrrole nitrogens is 1. The summed E-state index contributed by atoms with van der Waals surface area (Å²) in [5, 5.41) is 2.73. The van der Waals surface area contributed by atoms with Crippen LogP contribution in [0.25, 0.3) is 0 Å². The van der Waals surface area contributed by atoms with Crippen LogP contribution in [0.4, 0.5) is 5.69 Å². The standard InChI is InChI=1S/C19H17N3O3/c1-13(23)15-7-9-16(10-8-15)21-18(24)17-11-20-19(25)22(17)12-14-5-3-2-4-6-14/h2-11H,12H2,1H3,(H,20,25)(H,21,24). The minimum absolute atomic E-state index is 0.0415. The van der Waals surface area contributed by atoms with E-state index in [0.29, 0.717) is 17.8 Å². The van der Waals surface area contributed by atoms with E-state index >= 15 is 0 Å². The normalized spacial score (nSPS) is 10.4. The first-order valence-electron chi connectivity index (χ1n) is 7.79. The number of aromatic nitrogens is 2. The lowest BCUT2D eigenvalue weighted by molar-refractivity contribution is 0.101. The van der Waals surface area contributed by atoms with Gasteiger partial charge in [0.05, 0.1) is 6.54 Å². The Kier molecular flexibility index (Phi) is 4.61. The van der Waals surface area contributed by atoms with E-state index in [4.69, 9.17) is 0 Å². The highest BCUT2D eigenvalue weighted by Crippen LogP contribution is 2.12. The Morgan fingerprint density at radius 2 is 1.72 bits per heavy atom. The fourth-order valence-electron chi connectivity index (χ4n) is 2.49. The fourth-order valence-corrected chi connectivity index (χ4v) is 2.49. The number of imidazole rings is 1. The van der Waals surface area contributed by atoms with Crippen molar-refractivity contribution in [1.29, 1.82) is 0 Å². The van der Waals surface area contributed by atoms with E-state index in [9.17, 15) is 14.4 Å². The number of hydrogen-bond donors (Lipinski definition) is 2. The summed E-state index contributed by atoms with van der Waals surface area (Å²) in [5.41, 5.74) is 1.94. The zero-order valence-electron chi connectivity index (χ0n) is 13.7. The topological polar surface area (TPSA) is 84.0 Å². The van der Waals surface area contributed by atoms with Crippen molar-refractivity contribution < 1.29 is 9.59 Å². The lowest BCUT2D eigenvalue weighted by Crippen LogP contribution is -2.24. The van der Waals surface area contributed by atoms with Gasteiger partial charge in [-0.3, -0.25) is 14.2 Å². The molecule has 1 heterocycles. The average Bonchev–Trinajstić information content (AvgIpc) is 2.97. The molecular weight excluding hydrogens is 318 g/mol. The number of hydrogen-bond acceptors (Lipinski definition) is 3. The molecule has 0 fully saturated rings. The zero-order chi connectivity index (χ0) is 17.8. The number of benzene rings is 2. The second-order valence-corrected chi connectivity index (χ2v) is 5.64. The summed E-state index contributed by atoms with van der Waals surface area (Å²) in [5.74, 6) is -0.440. The highest BCUT2D eigenvalue weighted by Gasteiger charge is 2.15. The number of rotatable bonds is 5. The maximum atomic E-state index is 12.5. The quantitative estimate of drug-likeness (QED) is 0.703. The number of nitrogens with zero attached hydrogens (tertiary/aromatic N) is 1. The van der Waals surface area contributed by atoms with Crippen LogP contribution in [0.2, 0.25) is 0 Å². The van der Waals surface area contributed by atoms with Crippen LogP contribution in [0.3, 0.4) is 0 Å². The highest BCUT2D eigenvalue weighted by atomic mass is 16.2. The van der Waals surface area contributed by atoms with Crippen LogP contribution in [-0.4, -0.2) is 21.2 Å². The van der Waals surface area contributed by atoms with Crippen molar-refractivity contribution in [2.24, 2.45) is 0 Å². The van der Waals surface area contributed by atoms with Crippen LogP contribution in [0, 0.1) is 0 Å². The molecule has 126 valence electrons. The smallest absolute Gasteiger partial charge is 0.321 e. The first kappa shape index (κ1) is 16.4. The van der Waals surface area contributed by atoms with Crippen molar-refractivity contribution in [1.82, 2.24) is 9.55 Å². The number of Topliss-reactive ketones (excluding diaryl/α,β-unsaturated/α-hetero) is 1. The summed E-state index contributed by atoms with van der Waals surface area (Å²) in [6, 6.07) is 16.0. The number of ketones is 1. The summed E-state index contributed by atoms with van der Waals surface area (Å²) in [6.45, 7) is 1.78. The van der Waals surface area contributed by atoms with Gasteiger partial charge in [0.1, 0.15) is 5.69 Å². The Labute approximate surface area is 144 Å². The van der Waals surface area contributed by atoms with Gasteiger partial charge in [-0.25, -0.2) is 4.79 Å². The van der Waals surface area contributed by atoms with Crippen molar-refractivity contribution in [3.63, 3.8) is 0 Å². The third kappa shape index (κ3) is 3.74. The summed E-state index contributed by atoms with van der Waals surface area (Å²) in [4.78, 5) is 38.4. The third-order valence-corrected chi connectivity index (χ3v) is 3.83. The summed E-state index contributed by atoms with van der Waals surface area (Å²) in [7, 11) is 0. The summed E-state index contributed by atoms with van der Waals surface area (Å²) < 4.78 is 1.38. The monoisotopic (exact) mass is 335 g/mol.